The molecule has 0 unspecified atom stereocenters. The second kappa shape index (κ2) is 17.6. The van der Waals surface area contributed by atoms with Crippen molar-refractivity contribution in [2.75, 3.05) is 20.1 Å². The van der Waals surface area contributed by atoms with E-state index in [1.54, 1.807) is 16.8 Å². The second-order valence-corrected chi connectivity index (χ2v) is 12.4. The molecule has 3 heterocycles. The van der Waals surface area contributed by atoms with Crippen LogP contribution in [0.1, 0.15) is 17.1 Å². The minimum absolute atomic E-state index is 0. The number of aromatic nitrogens is 3. The quantitative estimate of drug-likeness (QED) is 0.131. The smallest absolute Gasteiger partial charge is 0.744 e. The molecule has 3 aromatic rings. The Morgan fingerprint density at radius 1 is 0.585 bits per heavy atom. The summed E-state index contributed by atoms with van der Waals surface area (Å²) >= 11 is 0. The molecule has 0 spiro atoms. The van der Waals surface area contributed by atoms with E-state index in [1.807, 2.05) is 0 Å². The van der Waals surface area contributed by atoms with Crippen LogP contribution in [0.5, 0.6) is 0 Å². The number of rotatable bonds is 12. The molecule has 20 heteroatoms. The Morgan fingerprint density at radius 3 is 1.22 bits per heavy atom. The summed E-state index contributed by atoms with van der Waals surface area (Å²) in [7, 11) is -12.4. The zero-order chi connectivity index (χ0) is 28.1. The Balaban J connectivity index is 0.00000533. The molecule has 0 amide bonds. The van der Waals surface area contributed by atoms with Crippen LogP contribution in [0.15, 0.2) is 69.7 Å². The van der Waals surface area contributed by atoms with Crippen LogP contribution in [-0.4, -0.2) is 83.8 Å². The molecule has 3 aromatic heterocycles. The number of nitrogens with zero attached hydrogens (tertiary/aromatic N) is 5. The molecule has 14 nitrogen and oxygen atoms in total. The Kier molecular flexibility index (Phi) is 17.6. The maximum atomic E-state index is 11.4. The third kappa shape index (κ3) is 13.7. The predicted molar refractivity (Wildman–Crippen MR) is 127 cm³/mol. The van der Waals surface area contributed by atoms with Gasteiger partial charge < -0.3 is 13.7 Å². The Bertz CT molecular complexity index is 1550. The van der Waals surface area contributed by atoms with E-state index in [0.29, 0.717) is 12.2 Å². The number of hydrogen-bond donors (Lipinski definition) is 0. The van der Waals surface area contributed by atoms with Crippen LogP contribution in [-0.2, 0) is 50.0 Å². The molecule has 0 N–H and O–H groups in total. The minimum atomic E-state index is -4.72. The molecule has 0 bridgehead atoms. The van der Waals surface area contributed by atoms with Crippen molar-refractivity contribution in [2.24, 2.45) is 0 Å². The van der Waals surface area contributed by atoms with Crippen LogP contribution in [0.4, 0.5) is 0 Å². The monoisotopic (exact) mass is 653 g/mol. The molecule has 206 valence electrons. The van der Waals surface area contributed by atoms with E-state index in [0.717, 1.165) is 30.3 Å². The van der Waals surface area contributed by atoms with Gasteiger partial charge in [0.1, 0.15) is 30.4 Å². The van der Waals surface area contributed by atoms with Gasteiger partial charge in [0.2, 0.25) is 0 Å². The first-order chi connectivity index (χ1) is 17.6. The standard InChI is InChI=1S/C21H25N5O9S3.3Na/c1-25(13-16-10-19(2-5-22-16)36(27,28)29)8-9-26(14-17-11-20(3-6-23-17)37(30,31)32)15-18-12-21(4-7-24-18)38(33,34)35;;;/h2-7,10-12H,8-9,13-15H2,1H3,(H,27,28,29)(H,30,31,32)(H,33,34,35);;;/q;3*+1/p-3. The van der Waals surface area contributed by atoms with Crippen LogP contribution in [0.2, 0.25) is 0 Å². The van der Waals surface area contributed by atoms with Crippen molar-refractivity contribution in [3.8, 4) is 0 Å². The maximum absolute atomic E-state index is 11.4. The molecule has 0 aromatic carbocycles. The Hall–Kier alpha value is 0.100. The summed E-state index contributed by atoms with van der Waals surface area (Å²) in [5, 5.41) is 0. The molecule has 0 atom stereocenters. The molecule has 0 aliphatic carbocycles. The van der Waals surface area contributed by atoms with Gasteiger partial charge >= 0.3 is 88.7 Å². The average Bonchev–Trinajstić information content (AvgIpc) is 2.81. The van der Waals surface area contributed by atoms with Gasteiger partial charge in [0, 0.05) is 51.3 Å². The predicted octanol–water partition coefficient (Wildman–Crippen LogP) is -9.27. The molecular formula is C21H22N5Na3O9S3. The topological polar surface area (TPSA) is 217 Å². The van der Waals surface area contributed by atoms with Crippen molar-refractivity contribution in [1.82, 2.24) is 24.8 Å². The Morgan fingerprint density at radius 2 is 0.902 bits per heavy atom. The molecule has 0 radical (unpaired) electrons. The number of hydrogen-bond acceptors (Lipinski definition) is 14. The van der Waals surface area contributed by atoms with E-state index >= 15 is 0 Å². The van der Waals surface area contributed by atoms with E-state index in [1.165, 1.54) is 24.7 Å². The van der Waals surface area contributed by atoms with Gasteiger partial charge in [-0.3, -0.25) is 24.8 Å². The SMILES string of the molecule is CN(CCN(Cc1cc(S(=O)(=O)[O-])ccn1)Cc1cc(S(=O)(=O)[O-])ccn1)Cc1cc(S(=O)(=O)[O-])ccn1.[Na+].[Na+].[Na+]. The van der Waals surface area contributed by atoms with Crippen molar-refractivity contribution >= 4 is 30.4 Å². The van der Waals surface area contributed by atoms with Crippen LogP contribution in [0.25, 0.3) is 0 Å². The van der Waals surface area contributed by atoms with Crippen molar-refractivity contribution in [3.05, 3.63) is 72.1 Å². The summed E-state index contributed by atoms with van der Waals surface area (Å²) < 4.78 is 102. The molecule has 41 heavy (non-hydrogen) atoms. The summed E-state index contributed by atoms with van der Waals surface area (Å²) in [6.07, 6.45) is 3.57. The first kappa shape index (κ1) is 41.1. The largest absolute Gasteiger partial charge is 1.00 e. The van der Waals surface area contributed by atoms with E-state index < -0.39 is 45.0 Å². The molecule has 3 rings (SSSR count). The number of pyridine rings is 3. The van der Waals surface area contributed by atoms with Gasteiger partial charge in [0.15, 0.2) is 0 Å². The van der Waals surface area contributed by atoms with Crippen LogP contribution < -0.4 is 88.7 Å². The fourth-order valence-corrected chi connectivity index (χ4v) is 4.96. The van der Waals surface area contributed by atoms with Gasteiger partial charge in [-0.1, -0.05) is 0 Å². The van der Waals surface area contributed by atoms with E-state index in [4.69, 9.17) is 0 Å². The molecule has 0 saturated heterocycles. The Labute approximate surface area is 305 Å². The molecule has 0 aliphatic heterocycles. The molecule has 0 saturated carbocycles. The van der Waals surface area contributed by atoms with Crippen molar-refractivity contribution in [2.45, 2.75) is 34.3 Å². The van der Waals surface area contributed by atoms with Crippen molar-refractivity contribution in [3.63, 3.8) is 0 Å². The third-order valence-corrected chi connectivity index (χ3v) is 7.73. The van der Waals surface area contributed by atoms with Gasteiger partial charge in [-0.05, 0) is 43.4 Å². The fourth-order valence-electron chi connectivity index (χ4n) is 3.43. The second-order valence-electron chi connectivity index (χ2n) is 8.26. The summed E-state index contributed by atoms with van der Waals surface area (Å²) in [6, 6.07) is 6.66. The zero-order valence-electron chi connectivity index (χ0n) is 22.9. The summed E-state index contributed by atoms with van der Waals surface area (Å²) in [5.74, 6) is 0. The van der Waals surface area contributed by atoms with Crippen LogP contribution in [0, 0.1) is 0 Å². The van der Waals surface area contributed by atoms with Crippen LogP contribution in [0.3, 0.4) is 0 Å². The zero-order valence-corrected chi connectivity index (χ0v) is 31.3. The molecule has 0 fully saturated rings. The maximum Gasteiger partial charge on any atom is 1.00 e. The van der Waals surface area contributed by atoms with Gasteiger partial charge in [-0.25, -0.2) is 25.3 Å². The number of likely N-dealkylation sites (N-methyl/N-ethyl adjacent to an activating group) is 1. The van der Waals surface area contributed by atoms with Gasteiger partial charge in [0.25, 0.3) is 0 Å². The normalized spacial score (nSPS) is 11.9. The van der Waals surface area contributed by atoms with Crippen LogP contribution >= 0.6 is 0 Å². The summed E-state index contributed by atoms with van der Waals surface area (Å²) in [5.41, 5.74) is 0.820. The van der Waals surface area contributed by atoms with E-state index in [-0.39, 0.29) is 126 Å². The average molecular weight is 654 g/mol. The van der Waals surface area contributed by atoms with Gasteiger partial charge in [-0.2, -0.15) is 0 Å². The van der Waals surface area contributed by atoms with E-state index in [2.05, 4.69) is 15.0 Å². The van der Waals surface area contributed by atoms with Crippen molar-refractivity contribution in [1.29, 1.82) is 0 Å². The summed E-state index contributed by atoms with van der Waals surface area (Å²) in [6.45, 7) is 0.879. The molecular weight excluding hydrogens is 631 g/mol. The first-order valence-corrected chi connectivity index (χ1v) is 15.0. The first-order valence-electron chi connectivity index (χ1n) is 10.7. The minimum Gasteiger partial charge on any atom is -0.744 e. The third-order valence-electron chi connectivity index (χ3n) is 5.23. The van der Waals surface area contributed by atoms with Gasteiger partial charge in [-0.15, -0.1) is 0 Å². The van der Waals surface area contributed by atoms with Crippen molar-refractivity contribution < 1.29 is 128 Å². The fraction of sp³-hybridized carbons (Fsp3) is 0.286. The van der Waals surface area contributed by atoms with E-state index in [9.17, 15) is 38.9 Å². The summed E-state index contributed by atoms with van der Waals surface area (Å²) in [4.78, 5) is 14.4. The molecule has 0 aliphatic rings. The van der Waals surface area contributed by atoms with Gasteiger partial charge in [0.05, 0.1) is 31.8 Å².